The summed E-state index contributed by atoms with van der Waals surface area (Å²) < 4.78 is 0. The number of allylic oxidation sites excluding steroid dienone is 2. The third-order valence-electron chi connectivity index (χ3n) is 3.77. The Morgan fingerprint density at radius 2 is 1.80 bits per heavy atom. The first-order valence-corrected chi connectivity index (χ1v) is 6.11. The zero-order valence-corrected chi connectivity index (χ0v) is 10.9. The molecular formula is C15H15NO4. The van der Waals surface area contributed by atoms with Gasteiger partial charge in [-0.1, -0.05) is 37.3 Å². The molecule has 2 unspecified atom stereocenters. The summed E-state index contributed by atoms with van der Waals surface area (Å²) in [5.41, 5.74) is 5.33. The SMILES string of the molecule is CC1C(C(=O)O)=CC=CC1(C(=O)O)c1ccc(N)cc1. The molecule has 20 heavy (non-hydrogen) atoms. The first kappa shape index (κ1) is 13.9. The lowest BCUT2D eigenvalue weighted by Crippen LogP contribution is -2.43. The smallest absolute Gasteiger partial charge is 0.331 e. The Kier molecular flexibility index (Phi) is 3.36. The number of carboxylic acid groups (broad SMARTS) is 2. The van der Waals surface area contributed by atoms with E-state index < -0.39 is 23.3 Å². The van der Waals surface area contributed by atoms with Gasteiger partial charge in [-0.25, -0.2) is 4.79 Å². The third kappa shape index (κ3) is 1.97. The van der Waals surface area contributed by atoms with Gasteiger partial charge in [0, 0.05) is 17.2 Å². The molecule has 0 bridgehead atoms. The molecule has 2 atom stereocenters. The van der Waals surface area contributed by atoms with E-state index in [1.165, 1.54) is 18.2 Å². The van der Waals surface area contributed by atoms with E-state index in [4.69, 9.17) is 5.73 Å². The predicted octanol–water partition coefficient (Wildman–Crippen LogP) is 1.81. The van der Waals surface area contributed by atoms with E-state index in [1.54, 1.807) is 31.2 Å². The van der Waals surface area contributed by atoms with Gasteiger partial charge in [-0.15, -0.1) is 0 Å². The molecule has 0 amide bonds. The van der Waals surface area contributed by atoms with Crippen LogP contribution in [-0.2, 0) is 15.0 Å². The molecule has 0 fully saturated rings. The summed E-state index contributed by atoms with van der Waals surface area (Å²) in [6.45, 7) is 1.61. The number of benzene rings is 1. The molecule has 1 aliphatic rings. The van der Waals surface area contributed by atoms with Crippen LogP contribution >= 0.6 is 0 Å². The Morgan fingerprint density at radius 3 is 2.30 bits per heavy atom. The zero-order valence-electron chi connectivity index (χ0n) is 10.9. The highest BCUT2D eigenvalue weighted by molar-refractivity contribution is 5.93. The van der Waals surface area contributed by atoms with Crippen molar-refractivity contribution in [2.45, 2.75) is 12.3 Å². The molecule has 0 heterocycles. The number of nitrogens with two attached hydrogens (primary N) is 1. The van der Waals surface area contributed by atoms with Gasteiger partial charge in [0.25, 0.3) is 0 Å². The van der Waals surface area contributed by atoms with Gasteiger partial charge in [0.2, 0.25) is 0 Å². The van der Waals surface area contributed by atoms with Crippen LogP contribution in [0.2, 0.25) is 0 Å². The molecule has 0 saturated heterocycles. The van der Waals surface area contributed by atoms with Crippen molar-refractivity contribution in [2.24, 2.45) is 5.92 Å². The van der Waals surface area contributed by atoms with Crippen LogP contribution in [-0.4, -0.2) is 22.2 Å². The van der Waals surface area contributed by atoms with Gasteiger partial charge in [0.15, 0.2) is 0 Å². The second-order valence-corrected chi connectivity index (χ2v) is 4.80. The van der Waals surface area contributed by atoms with Crippen LogP contribution < -0.4 is 5.73 Å². The van der Waals surface area contributed by atoms with E-state index in [0.717, 1.165) is 0 Å². The van der Waals surface area contributed by atoms with Crippen molar-refractivity contribution in [3.05, 3.63) is 53.6 Å². The fourth-order valence-corrected chi connectivity index (χ4v) is 2.58. The van der Waals surface area contributed by atoms with Gasteiger partial charge in [-0.2, -0.15) is 0 Å². The van der Waals surface area contributed by atoms with Gasteiger partial charge in [-0.05, 0) is 17.7 Å². The molecule has 4 N–H and O–H groups in total. The molecular weight excluding hydrogens is 258 g/mol. The highest BCUT2D eigenvalue weighted by Gasteiger charge is 2.47. The molecule has 0 saturated carbocycles. The molecule has 1 aromatic carbocycles. The molecule has 0 radical (unpaired) electrons. The van der Waals surface area contributed by atoms with E-state index >= 15 is 0 Å². The van der Waals surface area contributed by atoms with Crippen molar-refractivity contribution < 1.29 is 19.8 Å². The molecule has 1 aromatic rings. The average molecular weight is 273 g/mol. The largest absolute Gasteiger partial charge is 0.480 e. The van der Waals surface area contributed by atoms with Crippen molar-refractivity contribution in [3.63, 3.8) is 0 Å². The van der Waals surface area contributed by atoms with Crippen LogP contribution in [0.4, 0.5) is 5.69 Å². The molecule has 104 valence electrons. The van der Waals surface area contributed by atoms with Gasteiger partial charge < -0.3 is 15.9 Å². The lowest BCUT2D eigenvalue weighted by Gasteiger charge is -2.35. The molecule has 5 heteroatoms. The summed E-state index contributed by atoms with van der Waals surface area (Å²) in [4.78, 5) is 23.1. The molecule has 0 spiro atoms. The van der Waals surface area contributed by atoms with Crippen LogP contribution in [0.5, 0.6) is 0 Å². The number of rotatable bonds is 3. The molecule has 5 nitrogen and oxygen atoms in total. The molecule has 2 rings (SSSR count). The number of carbonyl (C=O) groups is 2. The lowest BCUT2D eigenvalue weighted by molar-refractivity contribution is -0.143. The zero-order chi connectivity index (χ0) is 14.9. The summed E-state index contributed by atoms with van der Waals surface area (Å²) in [5, 5.41) is 18.9. The maximum atomic E-state index is 11.8. The van der Waals surface area contributed by atoms with E-state index in [9.17, 15) is 19.8 Å². The molecule has 1 aliphatic carbocycles. The second-order valence-electron chi connectivity index (χ2n) is 4.80. The van der Waals surface area contributed by atoms with Crippen molar-refractivity contribution in [2.75, 3.05) is 5.73 Å². The first-order valence-electron chi connectivity index (χ1n) is 6.11. The highest BCUT2D eigenvalue weighted by Crippen LogP contribution is 2.41. The summed E-state index contributed by atoms with van der Waals surface area (Å²) in [7, 11) is 0. The Labute approximate surface area is 116 Å². The number of hydrogen-bond acceptors (Lipinski definition) is 3. The summed E-state index contributed by atoms with van der Waals surface area (Å²) in [5.74, 6) is -2.88. The Balaban J connectivity index is 2.60. The minimum absolute atomic E-state index is 0.0757. The number of aliphatic carboxylic acids is 2. The summed E-state index contributed by atoms with van der Waals surface area (Å²) in [6.07, 6.45) is 4.44. The topological polar surface area (TPSA) is 101 Å². The van der Waals surface area contributed by atoms with Crippen LogP contribution in [0, 0.1) is 5.92 Å². The van der Waals surface area contributed by atoms with Crippen LogP contribution in [0.1, 0.15) is 12.5 Å². The van der Waals surface area contributed by atoms with E-state index in [-0.39, 0.29) is 5.57 Å². The Morgan fingerprint density at radius 1 is 1.20 bits per heavy atom. The minimum Gasteiger partial charge on any atom is -0.480 e. The van der Waals surface area contributed by atoms with Crippen molar-refractivity contribution >= 4 is 17.6 Å². The fraction of sp³-hybridized carbons (Fsp3) is 0.200. The van der Waals surface area contributed by atoms with Crippen LogP contribution in [0.15, 0.2) is 48.1 Å². The maximum Gasteiger partial charge on any atom is 0.331 e. The van der Waals surface area contributed by atoms with Crippen molar-refractivity contribution in [1.29, 1.82) is 0 Å². The lowest BCUT2D eigenvalue weighted by atomic mass is 9.66. The normalized spacial score (nSPS) is 25.1. The number of carboxylic acids is 2. The fourth-order valence-electron chi connectivity index (χ4n) is 2.58. The average Bonchev–Trinajstić information content (AvgIpc) is 2.39. The van der Waals surface area contributed by atoms with E-state index in [1.807, 2.05) is 0 Å². The quantitative estimate of drug-likeness (QED) is 0.729. The first-order chi connectivity index (χ1) is 9.39. The van der Waals surface area contributed by atoms with E-state index in [2.05, 4.69) is 0 Å². The highest BCUT2D eigenvalue weighted by atomic mass is 16.4. The van der Waals surface area contributed by atoms with Gasteiger partial charge in [0.1, 0.15) is 5.41 Å². The predicted molar refractivity (Wildman–Crippen MR) is 74.2 cm³/mol. The van der Waals surface area contributed by atoms with E-state index in [0.29, 0.717) is 11.3 Å². The van der Waals surface area contributed by atoms with Crippen LogP contribution in [0.25, 0.3) is 0 Å². The third-order valence-corrected chi connectivity index (χ3v) is 3.77. The van der Waals surface area contributed by atoms with Gasteiger partial charge >= 0.3 is 11.9 Å². The van der Waals surface area contributed by atoms with Gasteiger partial charge in [0.05, 0.1) is 0 Å². The summed E-state index contributed by atoms with van der Waals surface area (Å²) >= 11 is 0. The second kappa shape index (κ2) is 4.85. The minimum atomic E-state index is -1.39. The maximum absolute atomic E-state index is 11.8. The Hall–Kier alpha value is -2.56. The molecule has 0 aliphatic heterocycles. The molecule has 0 aromatic heterocycles. The summed E-state index contributed by atoms with van der Waals surface area (Å²) in [6, 6.07) is 6.46. The number of anilines is 1. The van der Waals surface area contributed by atoms with Crippen LogP contribution in [0.3, 0.4) is 0 Å². The number of nitrogen functional groups attached to an aromatic ring is 1. The van der Waals surface area contributed by atoms with Crippen molar-refractivity contribution in [1.82, 2.24) is 0 Å². The monoisotopic (exact) mass is 273 g/mol. The Bertz CT molecular complexity index is 615. The van der Waals surface area contributed by atoms with Crippen molar-refractivity contribution in [3.8, 4) is 0 Å². The van der Waals surface area contributed by atoms with Gasteiger partial charge in [-0.3, -0.25) is 4.79 Å². The standard InChI is InChI=1S/C15H15NO4/c1-9-12(13(17)18)3-2-8-15(9,14(19)20)10-4-6-11(16)7-5-10/h2-9H,16H2,1H3,(H,17,18)(H,19,20). The number of hydrogen-bond donors (Lipinski definition) is 3.